The molecule has 2 rings (SSSR count). The third-order valence-corrected chi connectivity index (χ3v) is 2.74. The van der Waals surface area contributed by atoms with Crippen molar-refractivity contribution in [2.24, 2.45) is 0 Å². The minimum Gasteiger partial charge on any atom is -0.364 e. The first-order chi connectivity index (χ1) is 8.65. The lowest BCUT2D eigenvalue weighted by molar-refractivity contribution is -0.120. The first kappa shape index (κ1) is 12.6. The third kappa shape index (κ3) is 3.34. The normalized spacial score (nSPS) is 10.3. The van der Waals surface area contributed by atoms with Crippen LogP contribution in [0.1, 0.15) is 11.3 Å². The van der Waals surface area contributed by atoms with E-state index in [1.54, 1.807) is 12.3 Å². The van der Waals surface area contributed by atoms with E-state index in [9.17, 15) is 9.18 Å². The topological polar surface area (TPSA) is 44.9 Å². The molecule has 1 heterocycles. The van der Waals surface area contributed by atoms with E-state index in [0.717, 1.165) is 5.69 Å². The number of rotatable bonds is 4. The average molecular weight is 267 g/mol. The van der Waals surface area contributed by atoms with Gasteiger partial charge in [-0.1, -0.05) is 17.7 Å². The van der Waals surface area contributed by atoms with Gasteiger partial charge in [0, 0.05) is 16.9 Å². The second-order valence-corrected chi connectivity index (χ2v) is 4.32. The highest BCUT2D eigenvalue weighted by atomic mass is 35.5. The summed E-state index contributed by atoms with van der Waals surface area (Å²) in [7, 11) is 0. The van der Waals surface area contributed by atoms with Gasteiger partial charge in [-0.15, -0.1) is 0 Å². The zero-order chi connectivity index (χ0) is 13.0. The number of carbonyl (C=O) groups excluding carboxylic acids is 1. The van der Waals surface area contributed by atoms with Crippen LogP contribution in [0.5, 0.6) is 0 Å². The van der Waals surface area contributed by atoms with Crippen LogP contribution in [0.25, 0.3) is 0 Å². The number of aromatic nitrogens is 1. The Kier molecular flexibility index (Phi) is 3.99. The number of H-pyrrole nitrogens is 1. The molecule has 0 unspecified atom stereocenters. The summed E-state index contributed by atoms with van der Waals surface area (Å²) in [6.45, 7) is 0.404. The first-order valence-electron chi connectivity index (χ1n) is 5.48. The predicted octanol–water partition coefficient (Wildman–Crippen LogP) is 2.67. The molecule has 0 fully saturated rings. The third-order valence-electron chi connectivity index (χ3n) is 2.50. The molecule has 0 spiro atoms. The maximum absolute atomic E-state index is 13.5. The van der Waals surface area contributed by atoms with Gasteiger partial charge in [-0.05, 0) is 29.8 Å². The molecule has 0 aliphatic rings. The smallest absolute Gasteiger partial charge is 0.224 e. The molecule has 1 aromatic heterocycles. The lowest BCUT2D eigenvalue weighted by atomic mass is 10.1. The van der Waals surface area contributed by atoms with Crippen molar-refractivity contribution < 1.29 is 9.18 Å². The van der Waals surface area contributed by atoms with Gasteiger partial charge in [0.15, 0.2) is 0 Å². The van der Waals surface area contributed by atoms with Gasteiger partial charge < -0.3 is 10.3 Å². The van der Waals surface area contributed by atoms with E-state index in [1.807, 2.05) is 12.1 Å². The standard InChI is InChI=1S/C13H12ClFN2O/c14-10-4-3-9(12(15)7-10)6-13(18)17-8-11-2-1-5-16-11/h1-5,7,16H,6,8H2,(H,17,18). The van der Waals surface area contributed by atoms with Gasteiger partial charge in [0.25, 0.3) is 0 Å². The number of hydrogen-bond acceptors (Lipinski definition) is 1. The number of carbonyl (C=O) groups is 1. The van der Waals surface area contributed by atoms with Crippen LogP contribution in [-0.2, 0) is 17.8 Å². The summed E-state index contributed by atoms with van der Waals surface area (Å²) < 4.78 is 13.5. The lowest BCUT2D eigenvalue weighted by Crippen LogP contribution is -2.25. The molecule has 5 heteroatoms. The van der Waals surface area contributed by atoms with E-state index in [-0.39, 0.29) is 12.3 Å². The molecule has 0 saturated heterocycles. The van der Waals surface area contributed by atoms with Crippen molar-refractivity contribution in [1.82, 2.24) is 10.3 Å². The second kappa shape index (κ2) is 5.69. The van der Waals surface area contributed by atoms with Crippen LogP contribution in [0.4, 0.5) is 4.39 Å². The molecule has 2 aromatic rings. The Morgan fingerprint density at radius 2 is 2.22 bits per heavy atom. The van der Waals surface area contributed by atoms with Crippen molar-refractivity contribution in [3.63, 3.8) is 0 Å². The highest BCUT2D eigenvalue weighted by Gasteiger charge is 2.08. The largest absolute Gasteiger partial charge is 0.364 e. The Bertz CT molecular complexity index is 540. The van der Waals surface area contributed by atoms with Crippen molar-refractivity contribution in [3.8, 4) is 0 Å². The van der Waals surface area contributed by atoms with Gasteiger partial charge >= 0.3 is 0 Å². The Morgan fingerprint density at radius 3 is 2.89 bits per heavy atom. The van der Waals surface area contributed by atoms with E-state index in [1.165, 1.54) is 12.1 Å². The molecule has 2 N–H and O–H groups in total. The van der Waals surface area contributed by atoms with Gasteiger partial charge in [0.1, 0.15) is 5.82 Å². The molecule has 0 radical (unpaired) electrons. The number of nitrogens with one attached hydrogen (secondary N) is 2. The Labute approximate surface area is 109 Å². The van der Waals surface area contributed by atoms with Crippen molar-refractivity contribution in [2.75, 3.05) is 0 Å². The molecule has 0 aliphatic carbocycles. The lowest BCUT2D eigenvalue weighted by Gasteiger charge is -2.05. The van der Waals surface area contributed by atoms with Crippen LogP contribution in [0.2, 0.25) is 5.02 Å². The first-order valence-corrected chi connectivity index (χ1v) is 5.86. The summed E-state index contributed by atoms with van der Waals surface area (Å²) >= 11 is 5.64. The van der Waals surface area contributed by atoms with Crippen molar-refractivity contribution in [3.05, 3.63) is 58.6 Å². The summed E-state index contributed by atoms with van der Waals surface area (Å²) in [5, 5.41) is 3.03. The van der Waals surface area contributed by atoms with Crippen molar-refractivity contribution >= 4 is 17.5 Å². The zero-order valence-corrected chi connectivity index (χ0v) is 10.3. The number of halogens is 2. The molecular weight excluding hydrogens is 255 g/mol. The number of aromatic amines is 1. The molecule has 18 heavy (non-hydrogen) atoms. The van der Waals surface area contributed by atoms with Crippen LogP contribution in [0.15, 0.2) is 36.5 Å². The van der Waals surface area contributed by atoms with Gasteiger partial charge in [-0.2, -0.15) is 0 Å². The maximum atomic E-state index is 13.5. The van der Waals surface area contributed by atoms with Crippen molar-refractivity contribution in [1.29, 1.82) is 0 Å². The molecule has 0 saturated carbocycles. The Hall–Kier alpha value is -1.81. The monoisotopic (exact) mass is 266 g/mol. The SMILES string of the molecule is O=C(Cc1ccc(Cl)cc1F)NCc1ccc[nH]1. The van der Waals surface area contributed by atoms with Gasteiger partial charge in [-0.3, -0.25) is 4.79 Å². The quantitative estimate of drug-likeness (QED) is 0.878. The van der Waals surface area contributed by atoms with Crippen LogP contribution >= 0.6 is 11.6 Å². The molecule has 94 valence electrons. The van der Waals surface area contributed by atoms with Gasteiger partial charge in [0.05, 0.1) is 13.0 Å². The summed E-state index contributed by atoms with van der Waals surface area (Å²) in [4.78, 5) is 14.6. The minimum atomic E-state index is -0.461. The molecule has 0 bridgehead atoms. The fourth-order valence-corrected chi connectivity index (χ4v) is 1.73. The predicted molar refractivity (Wildman–Crippen MR) is 67.8 cm³/mol. The highest BCUT2D eigenvalue weighted by molar-refractivity contribution is 6.30. The molecule has 3 nitrogen and oxygen atoms in total. The van der Waals surface area contributed by atoms with E-state index in [0.29, 0.717) is 17.1 Å². The summed E-state index contributed by atoms with van der Waals surface area (Å²) in [6.07, 6.45) is 1.78. The second-order valence-electron chi connectivity index (χ2n) is 3.88. The fraction of sp³-hybridized carbons (Fsp3) is 0.154. The Morgan fingerprint density at radius 1 is 1.39 bits per heavy atom. The van der Waals surface area contributed by atoms with E-state index >= 15 is 0 Å². The Balaban J connectivity index is 1.91. The molecular formula is C13H12ClFN2O. The fourth-order valence-electron chi connectivity index (χ4n) is 1.57. The molecule has 1 amide bonds. The average Bonchev–Trinajstić information content (AvgIpc) is 2.83. The summed E-state index contributed by atoms with van der Waals surface area (Å²) in [6, 6.07) is 8.00. The number of amides is 1. The van der Waals surface area contributed by atoms with Crippen LogP contribution in [-0.4, -0.2) is 10.9 Å². The molecule has 0 atom stereocenters. The molecule has 1 aromatic carbocycles. The summed E-state index contributed by atoms with van der Waals surface area (Å²) in [5.41, 5.74) is 1.24. The van der Waals surface area contributed by atoms with E-state index < -0.39 is 5.82 Å². The zero-order valence-electron chi connectivity index (χ0n) is 9.54. The highest BCUT2D eigenvalue weighted by Crippen LogP contribution is 2.14. The van der Waals surface area contributed by atoms with E-state index in [4.69, 9.17) is 11.6 Å². The van der Waals surface area contributed by atoms with Crippen LogP contribution < -0.4 is 5.32 Å². The minimum absolute atomic E-state index is 0.00368. The van der Waals surface area contributed by atoms with E-state index in [2.05, 4.69) is 10.3 Å². The van der Waals surface area contributed by atoms with Crippen LogP contribution in [0, 0.1) is 5.82 Å². The van der Waals surface area contributed by atoms with Crippen LogP contribution in [0.3, 0.4) is 0 Å². The molecule has 0 aliphatic heterocycles. The number of benzene rings is 1. The number of hydrogen-bond donors (Lipinski definition) is 2. The van der Waals surface area contributed by atoms with Gasteiger partial charge in [0.2, 0.25) is 5.91 Å². The van der Waals surface area contributed by atoms with Gasteiger partial charge in [-0.25, -0.2) is 4.39 Å². The maximum Gasteiger partial charge on any atom is 0.224 e. The summed E-state index contributed by atoms with van der Waals surface area (Å²) in [5.74, 6) is -0.691. The van der Waals surface area contributed by atoms with Crippen molar-refractivity contribution in [2.45, 2.75) is 13.0 Å².